The first-order chi connectivity index (χ1) is 11.9. The summed E-state index contributed by atoms with van der Waals surface area (Å²) in [5.41, 5.74) is 0.518. The largest absolute Gasteiger partial charge is 0.495 e. The summed E-state index contributed by atoms with van der Waals surface area (Å²) in [6, 6.07) is 5.03. The first-order valence-corrected chi connectivity index (χ1v) is 8.86. The summed E-state index contributed by atoms with van der Waals surface area (Å²) in [4.78, 5) is 28.2. The SMILES string of the molecule is COc1ccc(Cl)cc1NC(=O)CN(C)CC(=O)N1CCCC(C)C1. The lowest BCUT2D eigenvalue weighted by Gasteiger charge is -2.32. The molecule has 1 aliphatic heterocycles. The summed E-state index contributed by atoms with van der Waals surface area (Å²) in [6.07, 6.45) is 2.22. The lowest BCUT2D eigenvalue weighted by molar-refractivity contribution is -0.134. The number of nitrogens with one attached hydrogen (secondary N) is 1. The van der Waals surface area contributed by atoms with E-state index in [2.05, 4.69) is 12.2 Å². The fourth-order valence-corrected chi connectivity index (χ4v) is 3.19. The Morgan fingerprint density at radius 3 is 2.84 bits per heavy atom. The number of methoxy groups -OCH3 is 1. The van der Waals surface area contributed by atoms with E-state index in [0.29, 0.717) is 22.4 Å². The van der Waals surface area contributed by atoms with Crippen molar-refractivity contribution < 1.29 is 14.3 Å². The van der Waals surface area contributed by atoms with Gasteiger partial charge in [0.25, 0.3) is 0 Å². The highest BCUT2D eigenvalue weighted by Gasteiger charge is 2.22. The van der Waals surface area contributed by atoms with Gasteiger partial charge in [-0.05, 0) is 44.0 Å². The van der Waals surface area contributed by atoms with E-state index in [1.54, 1.807) is 30.1 Å². The highest BCUT2D eigenvalue weighted by molar-refractivity contribution is 6.31. The molecule has 7 heteroatoms. The van der Waals surface area contributed by atoms with Crippen molar-refractivity contribution in [2.45, 2.75) is 19.8 Å². The third kappa shape index (κ3) is 5.90. The number of benzene rings is 1. The lowest BCUT2D eigenvalue weighted by atomic mass is 10.0. The number of hydrogen-bond donors (Lipinski definition) is 1. The van der Waals surface area contributed by atoms with Crippen LogP contribution in [0.4, 0.5) is 5.69 Å². The molecule has 1 saturated heterocycles. The molecule has 0 saturated carbocycles. The number of piperidine rings is 1. The van der Waals surface area contributed by atoms with Gasteiger partial charge in [-0.15, -0.1) is 0 Å². The third-order valence-electron chi connectivity index (χ3n) is 4.26. The van der Waals surface area contributed by atoms with Gasteiger partial charge in [0.2, 0.25) is 11.8 Å². The van der Waals surface area contributed by atoms with Crippen LogP contribution in [0.15, 0.2) is 18.2 Å². The predicted octanol–water partition coefficient (Wildman–Crippen LogP) is 2.48. The van der Waals surface area contributed by atoms with Crippen molar-refractivity contribution in [3.63, 3.8) is 0 Å². The van der Waals surface area contributed by atoms with E-state index < -0.39 is 0 Å². The Morgan fingerprint density at radius 2 is 2.16 bits per heavy atom. The Morgan fingerprint density at radius 1 is 1.40 bits per heavy atom. The zero-order chi connectivity index (χ0) is 18.4. The van der Waals surface area contributed by atoms with Gasteiger partial charge in [0.05, 0.1) is 25.9 Å². The van der Waals surface area contributed by atoms with Crippen LogP contribution < -0.4 is 10.1 Å². The minimum Gasteiger partial charge on any atom is -0.495 e. The number of amides is 2. The zero-order valence-electron chi connectivity index (χ0n) is 15.0. The molecule has 2 amide bonds. The number of ether oxygens (including phenoxy) is 1. The second kappa shape index (κ2) is 9.06. The minimum atomic E-state index is -0.220. The van der Waals surface area contributed by atoms with Crippen LogP contribution in [0.5, 0.6) is 5.75 Å². The van der Waals surface area contributed by atoms with E-state index >= 15 is 0 Å². The van der Waals surface area contributed by atoms with Crippen LogP contribution in [0.2, 0.25) is 5.02 Å². The quantitative estimate of drug-likeness (QED) is 0.839. The summed E-state index contributed by atoms with van der Waals surface area (Å²) in [5, 5.41) is 3.29. The highest BCUT2D eigenvalue weighted by Crippen LogP contribution is 2.27. The van der Waals surface area contributed by atoms with Gasteiger partial charge in [-0.25, -0.2) is 0 Å². The summed E-state index contributed by atoms with van der Waals surface area (Å²) >= 11 is 5.96. The molecule has 1 unspecified atom stereocenters. The Bertz CT molecular complexity index is 624. The van der Waals surface area contributed by atoms with Gasteiger partial charge in [-0.1, -0.05) is 18.5 Å². The van der Waals surface area contributed by atoms with Crippen molar-refractivity contribution in [2.24, 2.45) is 5.92 Å². The Hall–Kier alpha value is -1.79. The molecule has 1 heterocycles. The van der Waals surface area contributed by atoms with Gasteiger partial charge in [0.15, 0.2) is 0 Å². The molecule has 1 atom stereocenters. The van der Waals surface area contributed by atoms with Gasteiger partial charge in [-0.2, -0.15) is 0 Å². The Kier molecular flexibility index (Phi) is 7.08. The molecule has 0 aromatic heterocycles. The molecule has 6 nitrogen and oxygen atoms in total. The van der Waals surface area contributed by atoms with E-state index in [1.807, 2.05) is 4.90 Å². The summed E-state index contributed by atoms with van der Waals surface area (Å²) < 4.78 is 5.21. The predicted molar refractivity (Wildman–Crippen MR) is 99.1 cm³/mol. The van der Waals surface area contributed by atoms with Crippen molar-refractivity contribution in [2.75, 3.05) is 45.7 Å². The first kappa shape index (κ1) is 19.5. The lowest BCUT2D eigenvalue weighted by Crippen LogP contribution is -2.45. The average Bonchev–Trinajstić information content (AvgIpc) is 2.54. The van der Waals surface area contributed by atoms with Crippen molar-refractivity contribution in [1.82, 2.24) is 9.80 Å². The maximum Gasteiger partial charge on any atom is 0.238 e. The van der Waals surface area contributed by atoms with Crippen LogP contribution >= 0.6 is 11.6 Å². The maximum absolute atomic E-state index is 12.4. The van der Waals surface area contributed by atoms with Crippen LogP contribution in [0.3, 0.4) is 0 Å². The van der Waals surface area contributed by atoms with Crippen molar-refractivity contribution in [3.05, 3.63) is 23.2 Å². The molecular weight excluding hydrogens is 342 g/mol. The van der Waals surface area contributed by atoms with E-state index in [-0.39, 0.29) is 24.9 Å². The number of halogens is 1. The summed E-state index contributed by atoms with van der Waals surface area (Å²) in [5.74, 6) is 0.936. The molecule has 138 valence electrons. The Labute approximate surface area is 154 Å². The van der Waals surface area contributed by atoms with Gasteiger partial charge >= 0.3 is 0 Å². The average molecular weight is 368 g/mol. The van der Waals surface area contributed by atoms with E-state index in [4.69, 9.17) is 16.3 Å². The molecule has 0 bridgehead atoms. The zero-order valence-corrected chi connectivity index (χ0v) is 15.8. The number of nitrogens with zero attached hydrogens (tertiary/aromatic N) is 2. The van der Waals surface area contributed by atoms with Gasteiger partial charge < -0.3 is 15.0 Å². The van der Waals surface area contributed by atoms with Crippen LogP contribution in [0, 0.1) is 5.92 Å². The molecule has 25 heavy (non-hydrogen) atoms. The third-order valence-corrected chi connectivity index (χ3v) is 4.50. The number of carbonyl (C=O) groups is 2. The minimum absolute atomic E-state index is 0.0715. The summed E-state index contributed by atoms with van der Waals surface area (Å²) in [6.45, 7) is 4.12. The fraction of sp³-hybridized carbons (Fsp3) is 0.556. The van der Waals surface area contributed by atoms with E-state index in [0.717, 1.165) is 19.5 Å². The molecule has 1 N–H and O–H groups in total. The molecule has 0 aliphatic carbocycles. The smallest absolute Gasteiger partial charge is 0.238 e. The normalized spacial score (nSPS) is 17.5. The molecule has 1 fully saturated rings. The van der Waals surface area contributed by atoms with Crippen LogP contribution in [0.1, 0.15) is 19.8 Å². The van der Waals surface area contributed by atoms with Crippen LogP contribution in [0.25, 0.3) is 0 Å². The van der Waals surface area contributed by atoms with Crippen molar-refractivity contribution in [1.29, 1.82) is 0 Å². The molecule has 1 aromatic rings. The highest BCUT2D eigenvalue weighted by atomic mass is 35.5. The van der Waals surface area contributed by atoms with Gasteiger partial charge in [0, 0.05) is 18.1 Å². The number of anilines is 1. The van der Waals surface area contributed by atoms with Crippen molar-refractivity contribution >= 4 is 29.1 Å². The number of likely N-dealkylation sites (N-methyl/N-ethyl adjacent to an activating group) is 1. The second-order valence-electron chi connectivity index (χ2n) is 6.65. The Balaban J connectivity index is 1.85. The molecular formula is C18H26ClN3O3. The molecule has 1 aliphatic rings. The molecule has 0 radical (unpaired) electrons. The first-order valence-electron chi connectivity index (χ1n) is 8.48. The molecule has 1 aromatic carbocycles. The van der Waals surface area contributed by atoms with Crippen LogP contribution in [-0.2, 0) is 9.59 Å². The topological polar surface area (TPSA) is 61.9 Å². The van der Waals surface area contributed by atoms with Crippen molar-refractivity contribution in [3.8, 4) is 5.75 Å². The number of likely N-dealkylation sites (tertiary alicyclic amines) is 1. The molecule has 0 spiro atoms. The maximum atomic E-state index is 12.4. The monoisotopic (exact) mass is 367 g/mol. The fourth-order valence-electron chi connectivity index (χ4n) is 3.02. The van der Waals surface area contributed by atoms with E-state index in [9.17, 15) is 9.59 Å². The second-order valence-corrected chi connectivity index (χ2v) is 7.09. The van der Waals surface area contributed by atoms with Crippen LogP contribution in [-0.4, -0.2) is 62.0 Å². The number of rotatable bonds is 6. The van der Waals surface area contributed by atoms with Gasteiger partial charge in [-0.3, -0.25) is 14.5 Å². The standard InChI is InChI=1S/C18H26ClN3O3/c1-13-5-4-8-22(10-13)18(24)12-21(2)11-17(23)20-15-9-14(19)6-7-16(15)25-3/h6-7,9,13H,4-5,8,10-12H2,1-3H3,(H,20,23). The summed E-state index contributed by atoms with van der Waals surface area (Å²) in [7, 11) is 3.29. The number of carbonyl (C=O) groups excluding carboxylic acids is 2. The van der Waals surface area contributed by atoms with E-state index in [1.165, 1.54) is 13.5 Å². The molecule has 2 rings (SSSR count). The van der Waals surface area contributed by atoms with Gasteiger partial charge in [0.1, 0.15) is 5.75 Å². The number of hydrogen-bond acceptors (Lipinski definition) is 4.